The molecule has 10 heteroatoms. The fraction of sp³-hybridized carbons (Fsp3) is 0.765. The van der Waals surface area contributed by atoms with Crippen molar-refractivity contribution in [2.24, 2.45) is 0 Å². The van der Waals surface area contributed by atoms with Crippen LogP contribution >= 0.6 is 0 Å². The average molecular weight is 483 g/mol. The van der Waals surface area contributed by atoms with Gasteiger partial charge in [-0.05, 0) is 85.1 Å². The van der Waals surface area contributed by atoms with E-state index in [0.29, 0.717) is 0 Å². The summed E-state index contributed by atoms with van der Waals surface area (Å²) in [5, 5.41) is 0. The molecular weight excluding hydrogens is 437 g/mol. The molecule has 0 spiro atoms. The second-order valence-electron chi connectivity index (χ2n) is 10.00. The Morgan fingerprint density at radius 2 is 0.926 bits per heavy atom. The Bertz CT molecular complexity index is 447. The van der Waals surface area contributed by atoms with Crippen molar-refractivity contribution in [1.29, 1.82) is 0 Å². The second-order valence-corrected chi connectivity index (χ2v) is 32.5. The number of hydrogen-bond donors (Lipinski definition) is 0. The van der Waals surface area contributed by atoms with Crippen molar-refractivity contribution in [1.82, 2.24) is 0 Å². The third-order valence-corrected chi connectivity index (χ3v) is 21.8. The summed E-state index contributed by atoms with van der Waals surface area (Å²) in [5.74, 6) is 0. The predicted octanol–water partition coefficient (Wildman–Crippen LogP) is 6.12. The summed E-state index contributed by atoms with van der Waals surface area (Å²) in [6.45, 7) is 35.8. The smallest absolute Gasteiger partial charge is 0.311 e. The molecule has 0 aromatic carbocycles. The summed E-state index contributed by atoms with van der Waals surface area (Å²) in [4.78, 5) is 0. The van der Waals surface area contributed by atoms with Gasteiger partial charge in [0.05, 0.1) is 0 Å². The molecule has 0 unspecified atom stereocenters. The topological polar surface area (TPSA) is 36.9 Å². The fourth-order valence-corrected chi connectivity index (χ4v) is 25.1. The normalized spacial score (nSPS) is 13.9. The van der Waals surface area contributed by atoms with Crippen molar-refractivity contribution >= 4 is 51.1 Å². The Morgan fingerprint density at radius 1 is 0.593 bits per heavy atom. The lowest BCUT2D eigenvalue weighted by molar-refractivity contribution is 0.399. The first kappa shape index (κ1) is 29.8. The third-order valence-electron chi connectivity index (χ3n) is 3.07. The van der Waals surface area contributed by atoms with Crippen molar-refractivity contribution in [3.8, 4) is 0 Å². The molecule has 0 aromatic rings. The maximum absolute atomic E-state index is 6.14. The van der Waals surface area contributed by atoms with Gasteiger partial charge in [0.25, 0.3) is 0 Å². The monoisotopic (exact) mass is 482 g/mol. The maximum Gasteiger partial charge on any atom is 0.311 e. The lowest BCUT2D eigenvalue weighted by Gasteiger charge is -2.36. The molecule has 0 aliphatic carbocycles. The minimum Gasteiger partial charge on any atom is -0.440 e. The van der Waals surface area contributed by atoms with Crippen LogP contribution in [-0.2, 0) is 16.5 Å². The molecule has 4 nitrogen and oxygen atoms in total. The van der Waals surface area contributed by atoms with Crippen LogP contribution in [0, 0.1) is 0 Å². The third kappa shape index (κ3) is 18.4. The van der Waals surface area contributed by atoms with Gasteiger partial charge in [0.2, 0.25) is 0 Å². The van der Waals surface area contributed by atoms with Gasteiger partial charge >= 0.3 is 17.1 Å². The standard InChI is InChI=1S/C10H24O2Si3.C7H22O2Si3/c1-9-13(3,4)11-15(7,8)12-14(5,6)10-2;1-10(2)8-12(6,7)9-11(3,4)5/h9-10H,1-2H2,3-8H3;10H,1-7H3. The minimum absolute atomic E-state index is 0.926. The van der Waals surface area contributed by atoms with Gasteiger partial charge in [0.1, 0.15) is 0 Å². The Balaban J connectivity index is 0. The van der Waals surface area contributed by atoms with Gasteiger partial charge in [-0.15, -0.1) is 13.2 Å². The second kappa shape index (κ2) is 11.1. The van der Waals surface area contributed by atoms with Crippen LogP contribution in [-0.4, -0.2) is 51.1 Å². The molecule has 0 aliphatic heterocycles. The van der Waals surface area contributed by atoms with E-state index < -0.39 is 51.1 Å². The molecule has 0 N–H and O–H groups in total. The average Bonchev–Trinajstić information content (AvgIpc) is 2.32. The highest BCUT2D eigenvalue weighted by Gasteiger charge is 2.37. The molecule has 0 bridgehead atoms. The van der Waals surface area contributed by atoms with Gasteiger partial charge in [-0.1, -0.05) is 11.4 Å². The molecular formula is C17H46O4Si6. The summed E-state index contributed by atoms with van der Waals surface area (Å²) in [6, 6.07) is 0. The molecule has 0 heterocycles. The lowest BCUT2D eigenvalue weighted by atomic mass is 11.3. The van der Waals surface area contributed by atoms with E-state index in [1.165, 1.54) is 0 Å². The van der Waals surface area contributed by atoms with E-state index in [0.717, 1.165) is 0 Å². The Labute approximate surface area is 177 Å². The molecule has 0 fully saturated rings. The quantitative estimate of drug-likeness (QED) is 0.351. The van der Waals surface area contributed by atoms with E-state index in [4.69, 9.17) is 16.5 Å². The molecule has 0 saturated heterocycles. The van der Waals surface area contributed by atoms with Gasteiger partial charge in [-0.25, -0.2) is 0 Å². The van der Waals surface area contributed by atoms with E-state index in [1.54, 1.807) is 0 Å². The van der Waals surface area contributed by atoms with E-state index in [-0.39, 0.29) is 0 Å². The van der Waals surface area contributed by atoms with Crippen LogP contribution < -0.4 is 0 Å². The van der Waals surface area contributed by atoms with Crippen LogP contribution in [0.25, 0.3) is 0 Å². The zero-order chi connectivity index (χ0) is 22.3. The zero-order valence-electron chi connectivity index (χ0n) is 20.3. The SMILES string of the molecule is C=C[Si](C)(C)O[Si](C)(C)O[Si](C)(C)C=C.C[SiH](C)O[Si](C)(C)O[Si](C)(C)C. The molecule has 27 heavy (non-hydrogen) atoms. The predicted molar refractivity (Wildman–Crippen MR) is 137 cm³/mol. The van der Waals surface area contributed by atoms with Crippen molar-refractivity contribution in [2.45, 2.75) is 85.1 Å². The molecule has 0 aliphatic rings. The largest absolute Gasteiger partial charge is 0.440 e. The van der Waals surface area contributed by atoms with Crippen molar-refractivity contribution in [3.63, 3.8) is 0 Å². The minimum atomic E-state index is -2.04. The van der Waals surface area contributed by atoms with Crippen LogP contribution in [0.2, 0.25) is 85.1 Å². The van der Waals surface area contributed by atoms with Crippen LogP contribution in [0.15, 0.2) is 24.6 Å². The van der Waals surface area contributed by atoms with Gasteiger partial charge in [0, 0.05) is 0 Å². The number of hydrogen-bond acceptors (Lipinski definition) is 4. The van der Waals surface area contributed by atoms with E-state index in [1.807, 2.05) is 11.4 Å². The molecule has 0 saturated carbocycles. The summed E-state index contributed by atoms with van der Waals surface area (Å²) in [6.07, 6.45) is 0. The number of rotatable bonds is 10. The van der Waals surface area contributed by atoms with E-state index >= 15 is 0 Å². The molecule has 162 valence electrons. The lowest BCUT2D eigenvalue weighted by Crippen LogP contribution is -2.51. The molecule has 0 rings (SSSR count). The maximum atomic E-state index is 6.14. The summed E-state index contributed by atoms with van der Waals surface area (Å²) in [5.41, 5.74) is 3.90. The van der Waals surface area contributed by atoms with Crippen LogP contribution in [0.3, 0.4) is 0 Å². The highest BCUT2D eigenvalue weighted by molar-refractivity contribution is 6.90. The Kier molecular flexibility index (Phi) is 12.3. The summed E-state index contributed by atoms with van der Waals surface area (Å²) in [7, 11) is -9.61. The fourth-order valence-electron chi connectivity index (χ4n) is 2.70. The van der Waals surface area contributed by atoms with Gasteiger partial charge < -0.3 is 16.5 Å². The van der Waals surface area contributed by atoms with Crippen molar-refractivity contribution < 1.29 is 16.5 Å². The zero-order valence-corrected chi connectivity index (χ0v) is 26.4. The van der Waals surface area contributed by atoms with Gasteiger partial charge in [-0.3, -0.25) is 0 Å². The Morgan fingerprint density at radius 3 is 1.15 bits per heavy atom. The van der Waals surface area contributed by atoms with Crippen LogP contribution in [0.5, 0.6) is 0 Å². The molecule has 0 aromatic heterocycles. The Hall–Kier alpha value is 0.621. The van der Waals surface area contributed by atoms with E-state index in [2.05, 4.69) is 98.3 Å². The molecule has 0 amide bonds. The van der Waals surface area contributed by atoms with E-state index in [9.17, 15) is 0 Å². The first-order valence-electron chi connectivity index (χ1n) is 9.71. The first-order chi connectivity index (χ1) is 11.7. The summed E-state index contributed by atoms with van der Waals surface area (Å²) >= 11 is 0. The van der Waals surface area contributed by atoms with Crippen LogP contribution in [0.4, 0.5) is 0 Å². The molecule has 0 atom stereocenters. The highest BCUT2D eigenvalue weighted by atomic mass is 28.5. The van der Waals surface area contributed by atoms with Crippen LogP contribution in [0.1, 0.15) is 0 Å². The summed E-state index contributed by atoms with van der Waals surface area (Å²) < 4.78 is 24.2. The van der Waals surface area contributed by atoms with Crippen molar-refractivity contribution in [3.05, 3.63) is 24.6 Å². The van der Waals surface area contributed by atoms with Gasteiger partial charge in [-0.2, -0.15) is 0 Å². The highest BCUT2D eigenvalue weighted by Crippen LogP contribution is 2.21. The van der Waals surface area contributed by atoms with Gasteiger partial charge in [0.15, 0.2) is 34.0 Å². The van der Waals surface area contributed by atoms with Crippen molar-refractivity contribution in [2.75, 3.05) is 0 Å². The molecule has 0 radical (unpaired) electrons. The first-order valence-corrected chi connectivity index (χ1v) is 27.5.